The van der Waals surface area contributed by atoms with E-state index in [-0.39, 0.29) is 42.7 Å². The van der Waals surface area contributed by atoms with Crippen LogP contribution in [-0.4, -0.2) is 101 Å². The summed E-state index contributed by atoms with van der Waals surface area (Å²) in [5.74, 6) is 5.86. The first-order valence-corrected chi connectivity index (χ1v) is 12.0. The number of pyridine rings is 2. The SMILES string of the molecule is C[C@@H]1CN([C@H](C)CO)C(=O)c2cc(C#CCN(C)C)cnc2O[C@H]1CN(C)C(=O)Cc1cccnc1. The molecule has 2 aromatic heterocycles. The van der Waals surface area contributed by atoms with E-state index >= 15 is 0 Å². The molecule has 0 bridgehead atoms. The Morgan fingerprint density at radius 1 is 1.33 bits per heavy atom. The third kappa shape index (κ3) is 7.03. The summed E-state index contributed by atoms with van der Waals surface area (Å²) in [5.41, 5.74) is 1.75. The molecule has 3 atom stereocenters. The van der Waals surface area contributed by atoms with Crippen LogP contribution in [0.4, 0.5) is 0 Å². The van der Waals surface area contributed by atoms with Gasteiger partial charge in [0.15, 0.2) is 0 Å². The number of likely N-dealkylation sites (N-methyl/N-ethyl adjacent to an activating group) is 1. The van der Waals surface area contributed by atoms with Crippen molar-refractivity contribution in [1.29, 1.82) is 0 Å². The smallest absolute Gasteiger partial charge is 0.259 e. The Morgan fingerprint density at radius 2 is 2.11 bits per heavy atom. The molecular formula is C27H35N5O4. The van der Waals surface area contributed by atoms with Gasteiger partial charge in [0.2, 0.25) is 11.8 Å². The van der Waals surface area contributed by atoms with Gasteiger partial charge in [-0.25, -0.2) is 4.98 Å². The summed E-state index contributed by atoms with van der Waals surface area (Å²) in [7, 11) is 5.60. The van der Waals surface area contributed by atoms with Gasteiger partial charge in [0.1, 0.15) is 11.7 Å². The molecule has 0 aromatic carbocycles. The number of carbonyl (C=O) groups is 2. The Labute approximate surface area is 213 Å². The van der Waals surface area contributed by atoms with E-state index in [2.05, 4.69) is 21.8 Å². The predicted molar refractivity (Wildman–Crippen MR) is 136 cm³/mol. The summed E-state index contributed by atoms with van der Waals surface area (Å²) in [6.07, 6.45) is 4.77. The molecular weight excluding hydrogens is 458 g/mol. The number of amides is 2. The van der Waals surface area contributed by atoms with Crippen LogP contribution in [0.25, 0.3) is 0 Å². The monoisotopic (exact) mass is 493 g/mol. The van der Waals surface area contributed by atoms with Crippen molar-refractivity contribution in [3.63, 3.8) is 0 Å². The van der Waals surface area contributed by atoms with E-state index in [9.17, 15) is 14.7 Å². The lowest BCUT2D eigenvalue weighted by Gasteiger charge is -2.37. The molecule has 9 heteroatoms. The normalized spacial score (nSPS) is 18.3. The zero-order valence-corrected chi connectivity index (χ0v) is 21.6. The summed E-state index contributed by atoms with van der Waals surface area (Å²) >= 11 is 0. The van der Waals surface area contributed by atoms with Crippen LogP contribution in [0.2, 0.25) is 0 Å². The number of aliphatic hydroxyl groups excluding tert-OH is 1. The van der Waals surface area contributed by atoms with Gasteiger partial charge in [0.05, 0.1) is 32.2 Å². The average molecular weight is 494 g/mol. The lowest BCUT2D eigenvalue weighted by Crippen LogP contribution is -2.50. The van der Waals surface area contributed by atoms with Gasteiger partial charge in [0, 0.05) is 43.7 Å². The quantitative estimate of drug-likeness (QED) is 0.581. The molecule has 0 saturated heterocycles. The number of aromatic nitrogens is 2. The van der Waals surface area contributed by atoms with Gasteiger partial charge in [-0.2, -0.15) is 0 Å². The van der Waals surface area contributed by atoms with E-state index in [0.717, 1.165) is 5.56 Å². The van der Waals surface area contributed by atoms with Crippen molar-refractivity contribution in [1.82, 2.24) is 24.7 Å². The number of hydrogen-bond acceptors (Lipinski definition) is 7. The zero-order chi connectivity index (χ0) is 26.2. The van der Waals surface area contributed by atoms with Crippen LogP contribution in [0.1, 0.15) is 35.3 Å². The topological polar surface area (TPSA) is 99.1 Å². The Kier molecular flexibility index (Phi) is 9.39. The fourth-order valence-corrected chi connectivity index (χ4v) is 3.87. The van der Waals surface area contributed by atoms with Crippen molar-refractivity contribution >= 4 is 11.8 Å². The Bertz CT molecular complexity index is 1110. The molecule has 3 heterocycles. The number of hydrogen-bond donors (Lipinski definition) is 1. The van der Waals surface area contributed by atoms with Crippen molar-refractivity contribution < 1.29 is 19.4 Å². The van der Waals surface area contributed by atoms with Crippen molar-refractivity contribution in [2.45, 2.75) is 32.4 Å². The number of fused-ring (bicyclic) bond motifs is 1. The number of ether oxygens (including phenoxy) is 1. The molecule has 36 heavy (non-hydrogen) atoms. The first-order chi connectivity index (χ1) is 17.2. The molecule has 0 unspecified atom stereocenters. The van der Waals surface area contributed by atoms with Crippen molar-refractivity contribution in [2.75, 3.05) is 47.4 Å². The van der Waals surface area contributed by atoms with E-state index in [0.29, 0.717) is 30.8 Å². The summed E-state index contributed by atoms with van der Waals surface area (Å²) in [6.45, 7) is 4.87. The largest absolute Gasteiger partial charge is 0.472 e. The standard InChI is InChI=1S/C27H35N5O4/c1-19-16-32(20(2)18-33)27(35)23-12-21(9-7-11-30(3)4)15-29-26(23)36-24(19)17-31(5)25(34)13-22-8-6-10-28-14-22/h6,8,10,12,14-15,19-20,24,33H,11,13,16-18H2,1-5H3/t19-,20-,24+/m1/s1. The van der Waals surface area contributed by atoms with Crippen LogP contribution in [0.5, 0.6) is 5.88 Å². The first-order valence-electron chi connectivity index (χ1n) is 12.0. The highest BCUT2D eigenvalue weighted by molar-refractivity contribution is 5.97. The van der Waals surface area contributed by atoms with Gasteiger partial charge in [-0.1, -0.05) is 24.8 Å². The molecule has 1 N–H and O–H groups in total. The maximum absolute atomic E-state index is 13.5. The van der Waals surface area contributed by atoms with Gasteiger partial charge < -0.3 is 19.6 Å². The minimum Gasteiger partial charge on any atom is -0.472 e. The molecule has 1 aliphatic rings. The summed E-state index contributed by atoms with van der Waals surface area (Å²) < 4.78 is 6.27. The van der Waals surface area contributed by atoms with Gasteiger partial charge in [0.25, 0.3) is 5.91 Å². The molecule has 1 aliphatic heterocycles. The number of rotatable bonds is 7. The number of nitrogens with zero attached hydrogens (tertiary/aromatic N) is 5. The molecule has 2 amide bonds. The first kappa shape index (κ1) is 27.1. The molecule has 3 rings (SSSR count). The summed E-state index contributed by atoms with van der Waals surface area (Å²) in [6, 6.07) is 4.97. The molecule has 0 fully saturated rings. The minimum atomic E-state index is -0.411. The highest BCUT2D eigenvalue weighted by Gasteiger charge is 2.34. The highest BCUT2D eigenvalue weighted by Crippen LogP contribution is 2.27. The molecule has 0 radical (unpaired) electrons. The van der Waals surface area contributed by atoms with Crippen LogP contribution >= 0.6 is 0 Å². The Balaban J connectivity index is 1.87. The average Bonchev–Trinajstić information content (AvgIpc) is 2.86. The maximum Gasteiger partial charge on any atom is 0.259 e. The van der Waals surface area contributed by atoms with Crippen LogP contribution in [-0.2, 0) is 11.2 Å². The minimum absolute atomic E-state index is 0.0581. The van der Waals surface area contributed by atoms with Crippen LogP contribution < -0.4 is 4.74 Å². The van der Waals surface area contributed by atoms with Gasteiger partial charge in [-0.15, -0.1) is 0 Å². The second-order valence-corrected chi connectivity index (χ2v) is 9.55. The van der Waals surface area contributed by atoms with Crippen LogP contribution in [0, 0.1) is 17.8 Å². The Morgan fingerprint density at radius 3 is 2.78 bits per heavy atom. The molecule has 192 valence electrons. The van der Waals surface area contributed by atoms with Crippen molar-refractivity contribution in [3.05, 3.63) is 53.5 Å². The van der Waals surface area contributed by atoms with Gasteiger partial charge in [-0.05, 0) is 38.7 Å². The fourth-order valence-electron chi connectivity index (χ4n) is 3.87. The van der Waals surface area contributed by atoms with Gasteiger partial charge in [-0.3, -0.25) is 19.5 Å². The second-order valence-electron chi connectivity index (χ2n) is 9.55. The fraction of sp³-hybridized carbons (Fsp3) is 0.481. The lowest BCUT2D eigenvalue weighted by molar-refractivity contribution is -0.130. The van der Waals surface area contributed by atoms with Gasteiger partial charge >= 0.3 is 0 Å². The maximum atomic E-state index is 13.5. The van der Waals surface area contributed by atoms with Crippen molar-refractivity contribution in [3.8, 4) is 17.7 Å². The summed E-state index contributed by atoms with van der Waals surface area (Å²) in [4.78, 5) is 40.1. The van der Waals surface area contributed by atoms with E-state index in [4.69, 9.17) is 4.74 Å². The lowest BCUT2D eigenvalue weighted by atomic mass is 9.99. The van der Waals surface area contributed by atoms with E-state index in [1.165, 1.54) is 0 Å². The molecule has 0 saturated carbocycles. The molecule has 9 nitrogen and oxygen atoms in total. The molecule has 2 aromatic rings. The van der Waals surface area contributed by atoms with E-state index in [1.807, 2.05) is 32.0 Å². The summed E-state index contributed by atoms with van der Waals surface area (Å²) in [5, 5.41) is 9.82. The van der Waals surface area contributed by atoms with E-state index < -0.39 is 6.10 Å². The highest BCUT2D eigenvalue weighted by atomic mass is 16.5. The van der Waals surface area contributed by atoms with Crippen LogP contribution in [0.3, 0.4) is 0 Å². The number of carbonyl (C=O) groups excluding carboxylic acids is 2. The van der Waals surface area contributed by atoms with Crippen molar-refractivity contribution in [2.24, 2.45) is 5.92 Å². The molecule has 0 aliphatic carbocycles. The second kappa shape index (κ2) is 12.5. The third-order valence-corrected chi connectivity index (χ3v) is 6.11. The molecule has 0 spiro atoms. The third-order valence-electron chi connectivity index (χ3n) is 6.11. The van der Waals surface area contributed by atoms with E-state index in [1.54, 1.807) is 54.5 Å². The zero-order valence-electron chi connectivity index (χ0n) is 21.6. The predicted octanol–water partition coefficient (Wildman–Crippen LogP) is 1.31. The van der Waals surface area contributed by atoms with Crippen LogP contribution in [0.15, 0.2) is 36.8 Å². The Hall–Kier alpha value is -3.48. The number of aliphatic hydroxyl groups is 1.